The Labute approximate surface area is 160 Å². The normalized spacial score (nSPS) is 12.0. The van der Waals surface area contributed by atoms with E-state index in [0.29, 0.717) is 21.7 Å². The highest BCUT2D eigenvalue weighted by molar-refractivity contribution is 8.00. The van der Waals surface area contributed by atoms with Crippen LogP contribution in [0.25, 0.3) is 11.4 Å². The molecule has 134 valence electrons. The molecule has 0 radical (unpaired) electrons. The van der Waals surface area contributed by atoms with Gasteiger partial charge in [0.25, 0.3) is 0 Å². The summed E-state index contributed by atoms with van der Waals surface area (Å²) >= 11 is 7.17. The minimum atomic E-state index is -0.411. The zero-order chi connectivity index (χ0) is 18.7. The first kappa shape index (κ1) is 18.3. The lowest BCUT2D eigenvalue weighted by Gasteiger charge is -2.11. The molecular weight excluding hydrogens is 370 g/mol. The van der Waals surface area contributed by atoms with Crippen molar-refractivity contribution in [3.63, 3.8) is 0 Å². The van der Waals surface area contributed by atoms with E-state index >= 15 is 0 Å². The largest absolute Gasteiger partial charge is 0.335 e. The summed E-state index contributed by atoms with van der Waals surface area (Å²) in [6.45, 7) is 3.79. The van der Waals surface area contributed by atoms with E-state index in [1.807, 2.05) is 31.2 Å². The predicted molar refractivity (Wildman–Crippen MR) is 106 cm³/mol. The lowest BCUT2D eigenvalue weighted by molar-refractivity contribution is -0.115. The van der Waals surface area contributed by atoms with E-state index in [4.69, 9.17) is 17.4 Å². The molecule has 6 nitrogen and oxygen atoms in total. The van der Waals surface area contributed by atoms with Crippen LogP contribution >= 0.6 is 23.4 Å². The molecule has 0 spiro atoms. The zero-order valence-corrected chi connectivity index (χ0v) is 15.9. The van der Waals surface area contributed by atoms with Crippen LogP contribution in [-0.4, -0.2) is 26.0 Å². The highest BCUT2D eigenvalue weighted by Crippen LogP contribution is 2.26. The van der Waals surface area contributed by atoms with Gasteiger partial charge in [-0.3, -0.25) is 4.79 Å². The van der Waals surface area contributed by atoms with E-state index in [1.165, 1.54) is 16.4 Å². The van der Waals surface area contributed by atoms with Crippen LogP contribution in [0, 0.1) is 6.92 Å². The van der Waals surface area contributed by atoms with Crippen LogP contribution in [0.3, 0.4) is 0 Å². The van der Waals surface area contributed by atoms with E-state index in [2.05, 4.69) is 15.5 Å². The topological polar surface area (TPSA) is 85.8 Å². The number of hydrogen-bond acceptors (Lipinski definition) is 5. The Morgan fingerprint density at radius 2 is 1.96 bits per heavy atom. The maximum Gasteiger partial charge on any atom is 0.237 e. The molecule has 1 aromatic heterocycles. The van der Waals surface area contributed by atoms with E-state index in [0.717, 1.165) is 11.1 Å². The minimum absolute atomic E-state index is 0.169. The number of anilines is 1. The fraction of sp³-hybridized carbons (Fsp3) is 0.167. The number of aromatic nitrogens is 3. The molecule has 26 heavy (non-hydrogen) atoms. The molecule has 1 heterocycles. The second-order valence-corrected chi connectivity index (χ2v) is 7.55. The number of aryl methyl sites for hydroxylation is 1. The molecule has 0 aliphatic rings. The Bertz CT molecular complexity index is 926. The molecule has 0 bridgehead atoms. The van der Waals surface area contributed by atoms with Crippen LogP contribution in [0.1, 0.15) is 12.5 Å². The van der Waals surface area contributed by atoms with Gasteiger partial charge in [-0.1, -0.05) is 59.3 Å². The SMILES string of the molecule is Cc1ccc(-c2nnc(SC(C)C(=O)Nc3cccc(Cl)c3)n2N)cc1. The lowest BCUT2D eigenvalue weighted by Crippen LogP contribution is -2.23. The molecule has 8 heteroatoms. The number of hydrogen-bond donors (Lipinski definition) is 2. The second kappa shape index (κ2) is 7.80. The predicted octanol–water partition coefficient (Wildman–Crippen LogP) is 3.74. The van der Waals surface area contributed by atoms with Gasteiger partial charge >= 0.3 is 0 Å². The molecule has 1 unspecified atom stereocenters. The average Bonchev–Trinajstić information content (AvgIpc) is 2.96. The van der Waals surface area contributed by atoms with E-state index in [-0.39, 0.29) is 5.91 Å². The quantitative estimate of drug-likeness (QED) is 0.514. The summed E-state index contributed by atoms with van der Waals surface area (Å²) in [5.74, 6) is 6.50. The third-order valence-corrected chi connectivity index (χ3v) is 5.01. The van der Waals surface area contributed by atoms with Crippen molar-refractivity contribution in [3.05, 3.63) is 59.1 Å². The summed E-state index contributed by atoms with van der Waals surface area (Å²) < 4.78 is 1.40. The third kappa shape index (κ3) is 4.17. The Morgan fingerprint density at radius 1 is 1.23 bits per heavy atom. The van der Waals surface area contributed by atoms with Crippen molar-refractivity contribution in [2.75, 3.05) is 11.2 Å². The summed E-state index contributed by atoms with van der Waals surface area (Å²) in [5, 5.41) is 11.7. The van der Waals surface area contributed by atoms with Crippen LogP contribution in [0.4, 0.5) is 5.69 Å². The minimum Gasteiger partial charge on any atom is -0.335 e. The van der Waals surface area contributed by atoms with Crippen molar-refractivity contribution < 1.29 is 4.79 Å². The molecule has 1 amide bonds. The maximum atomic E-state index is 12.4. The summed E-state index contributed by atoms with van der Waals surface area (Å²) in [6.07, 6.45) is 0. The van der Waals surface area contributed by atoms with Gasteiger partial charge in [0.05, 0.1) is 5.25 Å². The molecule has 0 aliphatic heterocycles. The first-order valence-electron chi connectivity index (χ1n) is 7.94. The summed E-state index contributed by atoms with van der Waals surface area (Å²) in [7, 11) is 0. The lowest BCUT2D eigenvalue weighted by atomic mass is 10.1. The number of nitrogen functional groups attached to an aromatic ring is 1. The number of carbonyl (C=O) groups is 1. The van der Waals surface area contributed by atoms with Crippen LogP contribution in [0.2, 0.25) is 5.02 Å². The smallest absolute Gasteiger partial charge is 0.237 e. The fourth-order valence-corrected chi connectivity index (χ4v) is 3.24. The van der Waals surface area contributed by atoms with Crippen molar-refractivity contribution in [3.8, 4) is 11.4 Å². The first-order valence-corrected chi connectivity index (χ1v) is 9.20. The van der Waals surface area contributed by atoms with E-state index in [9.17, 15) is 4.79 Å². The second-order valence-electron chi connectivity index (χ2n) is 5.80. The molecule has 3 N–H and O–H groups in total. The number of nitrogens with zero attached hydrogens (tertiary/aromatic N) is 3. The maximum absolute atomic E-state index is 12.4. The molecule has 0 saturated heterocycles. The van der Waals surface area contributed by atoms with Gasteiger partial charge in [0.2, 0.25) is 11.1 Å². The van der Waals surface area contributed by atoms with Crippen LogP contribution < -0.4 is 11.2 Å². The number of rotatable bonds is 5. The standard InChI is InChI=1S/C18H18ClN5OS/c1-11-6-8-13(9-7-11)16-22-23-18(24(16)20)26-12(2)17(25)21-15-5-3-4-14(19)10-15/h3-10,12H,20H2,1-2H3,(H,21,25). The van der Waals surface area contributed by atoms with Gasteiger partial charge in [-0.2, -0.15) is 0 Å². The van der Waals surface area contributed by atoms with Gasteiger partial charge in [0.1, 0.15) is 0 Å². The third-order valence-electron chi connectivity index (χ3n) is 3.72. The van der Waals surface area contributed by atoms with Gasteiger partial charge < -0.3 is 11.2 Å². The highest BCUT2D eigenvalue weighted by Gasteiger charge is 2.20. The van der Waals surface area contributed by atoms with Gasteiger partial charge in [0, 0.05) is 16.3 Å². The molecular formula is C18H18ClN5OS. The summed E-state index contributed by atoms with van der Waals surface area (Å²) in [4.78, 5) is 12.4. The number of carbonyl (C=O) groups excluding carboxylic acids is 1. The van der Waals surface area contributed by atoms with Crippen molar-refractivity contribution in [1.29, 1.82) is 0 Å². The van der Waals surface area contributed by atoms with Gasteiger partial charge in [-0.15, -0.1) is 10.2 Å². The molecule has 3 aromatic rings. The Morgan fingerprint density at radius 3 is 2.65 bits per heavy atom. The molecule has 1 atom stereocenters. The van der Waals surface area contributed by atoms with Crippen molar-refractivity contribution in [1.82, 2.24) is 14.9 Å². The average molecular weight is 388 g/mol. The van der Waals surface area contributed by atoms with Crippen molar-refractivity contribution in [2.24, 2.45) is 0 Å². The molecule has 2 aromatic carbocycles. The Balaban J connectivity index is 1.70. The van der Waals surface area contributed by atoms with E-state index < -0.39 is 5.25 Å². The first-order chi connectivity index (χ1) is 12.4. The van der Waals surface area contributed by atoms with Crippen LogP contribution in [-0.2, 0) is 4.79 Å². The number of benzene rings is 2. The molecule has 3 rings (SSSR count). The Kier molecular flexibility index (Phi) is 5.49. The van der Waals surface area contributed by atoms with Crippen LogP contribution in [0.5, 0.6) is 0 Å². The number of amides is 1. The highest BCUT2D eigenvalue weighted by atomic mass is 35.5. The number of nitrogens with one attached hydrogen (secondary N) is 1. The fourth-order valence-electron chi connectivity index (χ4n) is 2.28. The van der Waals surface area contributed by atoms with Crippen LogP contribution in [0.15, 0.2) is 53.7 Å². The van der Waals surface area contributed by atoms with Gasteiger partial charge in [-0.05, 0) is 32.0 Å². The monoisotopic (exact) mass is 387 g/mol. The molecule has 0 fully saturated rings. The number of halogens is 1. The zero-order valence-electron chi connectivity index (χ0n) is 14.3. The van der Waals surface area contributed by atoms with Crippen molar-refractivity contribution in [2.45, 2.75) is 24.3 Å². The molecule has 0 aliphatic carbocycles. The van der Waals surface area contributed by atoms with Crippen molar-refractivity contribution >= 4 is 35.0 Å². The number of nitrogens with two attached hydrogens (primary N) is 1. The Hall–Kier alpha value is -2.51. The van der Waals surface area contributed by atoms with Gasteiger partial charge in [-0.25, -0.2) is 4.68 Å². The summed E-state index contributed by atoms with van der Waals surface area (Å²) in [6, 6.07) is 14.8. The summed E-state index contributed by atoms with van der Waals surface area (Å²) in [5.41, 5.74) is 2.66. The molecule has 0 saturated carbocycles. The van der Waals surface area contributed by atoms with E-state index in [1.54, 1.807) is 31.2 Å². The van der Waals surface area contributed by atoms with Gasteiger partial charge in [0.15, 0.2) is 5.82 Å². The number of thioether (sulfide) groups is 1.